The summed E-state index contributed by atoms with van der Waals surface area (Å²) in [6.07, 6.45) is 7.76. The standard InChI is InChI=1S/C37H51ClN4O5S/c1-37(2,3)24-33(44)40-19-17-26(18-20-40)34(39-27-10-5-4-6-11-27)35(45)42-22-21-41(36(46)47-32-14-8-7-13-29(32)38)25-30(42)31(43)16-15-28-12-9-23-48-28/h7-9,12-14,23,26-27,30,34,39H,4-6,10-11,15-22,24-25H2,1-3H3/t30-,34+/m0/s1. The molecule has 2 saturated heterocycles. The number of aryl methyl sites for hydroxylation is 1. The summed E-state index contributed by atoms with van der Waals surface area (Å²) in [4.78, 5) is 61.3. The second kappa shape index (κ2) is 16.6. The Morgan fingerprint density at radius 1 is 0.938 bits per heavy atom. The predicted octanol–water partition coefficient (Wildman–Crippen LogP) is 6.58. The number of hydrogen-bond acceptors (Lipinski definition) is 7. The Morgan fingerprint density at radius 2 is 1.67 bits per heavy atom. The van der Waals surface area contributed by atoms with Gasteiger partial charge in [0.2, 0.25) is 11.8 Å². The molecular formula is C37H51ClN4O5S. The molecule has 2 aliphatic heterocycles. The predicted molar refractivity (Wildman–Crippen MR) is 189 cm³/mol. The fourth-order valence-electron chi connectivity index (χ4n) is 7.20. The number of piperidine rings is 1. The normalized spacial score (nSPS) is 20.4. The Labute approximate surface area is 294 Å². The van der Waals surface area contributed by atoms with Crippen molar-refractivity contribution in [3.63, 3.8) is 0 Å². The highest BCUT2D eigenvalue weighted by molar-refractivity contribution is 7.09. The quantitative estimate of drug-likeness (QED) is 0.301. The summed E-state index contributed by atoms with van der Waals surface area (Å²) >= 11 is 7.86. The maximum atomic E-state index is 14.7. The van der Waals surface area contributed by atoms with Crippen LogP contribution in [0.5, 0.6) is 5.75 Å². The number of para-hydroxylation sites is 1. The summed E-state index contributed by atoms with van der Waals surface area (Å²) in [5.41, 5.74) is -0.0814. The Balaban J connectivity index is 1.33. The number of ether oxygens (including phenoxy) is 1. The Morgan fingerprint density at radius 3 is 2.33 bits per heavy atom. The van der Waals surface area contributed by atoms with Crippen molar-refractivity contribution in [1.29, 1.82) is 0 Å². The van der Waals surface area contributed by atoms with Crippen LogP contribution in [0.1, 0.15) is 83.4 Å². The number of thiophene rings is 1. The number of ketones is 1. The van der Waals surface area contributed by atoms with Gasteiger partial charge in [0.25, 0.3) is 0 Å². The van der Waals surface area contributed by atoms with Crippen LogP contribution in [0.2, 0.25) is 5.02 Å². The van der Waals surface area contributed by atoms with Crippen molar-refractivity contribution in [2.75, 3.05) is 32.7 Å². The lowest BCUT2D eigenvalue weighted by atomic mass is 9.85. The van der Waals surface area contributed by atoms with Gasteiger partial charge in [-0.05, 0) is 67.0 Å². The lowest BCUT2D eigenvalue weighted by Crippen LogP contribution is -2.64. The molecule has 1 N–H and O–H groups in total. The number of amides is 3. The van der Waals surface area contributed by atoms with Gasteiger partial charge in [0.1, 0.15) is 6.04 Å². The van der Waals surface area contributed by atoms with Gasteiger partial charge in [-0.2, -0.15) is 0 Å². The molecule has 2 atom stereocenters. The minimum absolute atomic E-state index is 0.0446. The summed E-state index contributed by atoms with van der Waals surface area (Å²) in [6, 6.07) is 9.78. The first-order chi connectivity index (χ1) is 23.0. The molecule has 0 spiro atoms. The van der Waals surface area contributed by atoms with Gasteiger partial charge in [-0.1, -0.05) is 69.8 Å². The average Bonchev–Trinajstić information content (AvgIpc) is 3.60. The Bertz CT molecular complexity index is 1400. The van der Waals surface area contributed by atoms with Crippen LogP contribution in [0, 0.1) is 11.3 Å². The van der Waals surface area contributed by atoms with E-state index in [9.17, 15) is 19.2 Å². The van der Waals surface area contributed by atoms with E-state index in [1.807, 2.05) is 22.4 Å². The van der Waals surface area contributed by atoms with Gasteiger partial charge in [-0.25, -0.2) is 4.79 Å². The number of likely N-dealkylation sites (tertiary alicyclic amines) is 1. The second-order valence-corrected chi connectivity index (χ2v) is 16.2. The third-order valence-electron chi connectivity index (χ3n) is 9.86. The van der Waals surface area contributed by atoms with Gasteiger partial charge in [0.05, 0.1) is 17.6 Å². The largest absolute Gasteiger partial charge is 0.415 e. The molecule has 1 saturated carbocycles. The number of carbonyl (C=O) groups is 4. The molecule has 1 aromatic heterocycles. The summed E-state index contributed by atoms with van der Waals surface area (Å²) in [5, 5.41) is 6.08. The molecule has 0 unspecified atom stereocenters. The second-order valence-electron chi connectivity index (χ2n) is 14.8. The smallest absolute Gasteiger partial charge is 0.409 e. The molecule has 3 amide bonds. The third kappa shape index (κ3) is 9.82. The van der Waals surface area contributed by atoms with Crippen LogP contribution >= 0.6 is 22.9 Å². The van der Waals surface area contributed by atoms with Crippen molar-refractivity contribution in [2.24, 2.45) is 11.3 Å². The van der Waals surface area contributed by atoms with Crippen LogP contribution in [0.3, 0.4) is 0 Å². The number of piperazine rings is 1. The monoisotopic (exact) mass is 698 g/mol. The number of Topliss-reactive ketones (excluding diaryl/α,β-unsaturated/α-hetero) is 1. The minimum atomic E-state index is -0.783. The number of hydrogen-bond donors (Lipinski definition) is 1. The molecular weight excluding hydrogens is 648 g/mol. The number of carbonyl (C=O) groups excluding carboxylic acids is 4. The lowest BCUT2D eigenvalue weighted by Gasteiger charge is -2.44. The first-order valence-corrected chi connectivity index (χ1v) is 18.8. The highest BCUT2D eigenvalue weighted by Crippen LogP contribution is 2.30. The minimum Gasteiger partial charge on any atom is -0.409 e. The van der Waals surface area contributed by atoms with Gasteiger partial charge in [-0.3, -0.25) is 14.4 Å². The zero-order valence-electron chi connectivity index (χ0n) is 28.6. The molecule has 11 heteroatoms. The van der Waals surface area contributed by atoms with E-state index < -0.39 is 18.2 Å². The van der Waals surface area contributed by atoms with Crippen LogP contribution in [-0.4, -0.2) is 89.2 Å². The maximum Gasteiger partial charge on any atom is 0.415 e. The van der Waals surface area contributed by atoms with E-state index in [1.165, 1.54) is 11.3 Å². The molecule has 3 aliphatic rings. The molecule has 9 nitrogen and oxygen atoms in total. The fraction of sp³-hybridized carbons (Fsp3) is 0.622. The van der Waals surface area contributed by atoms with Gasteiger partial charge in [-0.15, -0.1) is 11.3 Å². The first kappa shape index (κ1) is 36.3. The zero-order chi connectivity index (χ0) is 34.3. The number of benzene rings is 1. The Hall–Kier alpha value is -2.95. The zero-order valence-corrected chi connectivity index (χ0v) is 30.2. The highest BCUT2D eigenvalue weighted by Gasteiger charge is 2.43. The van der Waals surface area contributed by atoms with E-state index in [4.69, 9.17) is 16.3 Å². The number of nitrogens with zero attached hydrogens (tertiary/aromatic N) is 3. The van der Waals surface area contributed by atoms with E-state index in [-0.39, 0.29) is 66.8 Å². The summed E-state index contributed by atoms with van der Waals surface area (Å²) in [5.74, 6) is 0.329. The molecule has 0 radical (unpaired) electrons. The summed E-state index contributed by atoms with van der Waals surface area (Å²) in [6.45, 7) is 8.03. The van der Waals surface area contributed by atoms with E-state index in [2.05, 4.69) is 26.1 Å². The highest BCUT2D eigenvalue weighted by atomic mass is 35.5. The number of rotatable bonds is 10. The molecule has 2 aromatic rings. The van der Waals surface area contributed by atoms with Crippen LogP contribution in [0.15, 0.2) is 41.8 Å². The van der Waals surface area contributed by atoms with Crippen molar-refractivity contribution in [2.45, 2.75) is 103 Å². The van der Waals surface area contributed by atoms with E-state index in [0.717, 1.165) is 43.4 Å². The average molecular weight is 699 g/mol. The van der Waals surface area contributed by atoms with Crippen molar-refractivity contribution in [3.05, 3.63) is 51.7 Å². The molecule has 3 fully saturated rings. The van der Waals surface area contributed by atoms with Crippen molar-refractivity contribution in [1.82, 2.24) is 20.0 Å². The van der Waals surface area contributed by atoms with E-state index in [1.54, 1.807) is 40.5 Å². The summed E-state index contributed by atoms with van der Waals surface area (Å²) in [7, 11) is 0. The number of halogens is 1. The summed E-state index contributed by atoms with van der Waals surface area (Å²) < 4.78 is 5.63. The molecule has 262 valence electrons. The topological polar surface area (TPSA) is 99.3 Å². The van der Waals surface area contributed by atoms with Gasteiger partial charge in [0.15, 0.2) is 11.5 Å². The molecule has 1 aliphatic carbocycles. The Kier molecular flexibility index (Phi) is 12.6. The van der Waals surface area contributed by atoms with Gasteiger partial charge < -0.3 is 24.8 Å². The van der Waals surface area contributed by atoms with Crippen LogP contribution in [0.4, 0.5) is 4.79 Å². The van der Waals surface area contributed by atoms with Gasteiger partial charge >= 0.3 is 6.09 Å². The SMILES string of the molecule is CC(C)(C)CC(=O)N1CCC([C@@H](NC2CCCCC2)C(=O)N2CCN(C(=O)Oc3ccccc3Cl)C[C@H]2C(=O)CCc2cccs2)CC1. The third-order valence-corrected chi connectivity index (χ3v) is 11.1. The van der Waals surface area contributed by atoms with Crippen molar-refractivity contribution in [3.8, 4) is 5.75 Å². The van der Waals surface area contributed by atoms with E-state index in [0.29, 0.717) is 31.0 Å². The molecule has 3 heterocycles. The molecule has 5 rings (SSSR count). The molecule has 0 bridgehead atoms. The lowest BCUT2D eigenvalue weighted by molar-refractivity contribution is -0.146. The fourth-order valence-corrected chi connectivity index (χ4v) is 8.08. The van der Waals surface area contributed by atoms with E-state index >= 15 is 0 Å². The van der Waals surface area contributed by atoms with Crippen molar-refractivity contribution >= 4 is 46.6 Å². The van der Waals surface area contributed by atoms with Crippen LogP contribution in [0.25, 0.3) is 0 Å². The van der Waals surface area contributed by atoms with Crippen LogP contribution in [-0.2, 0) is 20.8 Å². The molecule has 48 heavy (non-hydrogen) atoms. The van der Waals surface area contributed by atoms with Gasteiger partial charge in [0, 0.05) is 49.9 Å². The first-order valence-electron chi connectivity index (χ1n) is 17.6. The van der Waals surface area contributed by atoms with Crippen LogP contribution < -0.4 is 10.1 Å². The number of nitrogens with one attached hydrogen (secondary N) is 1. The van der Waals surface area contributed by atoms with Crippen molar-refractivity contribution < 1.29 is 23.9 Å². The molecule has 1 aromatic carbocycles. The maximum absolute atomic E-state index is 14.7.